The predicted octanol–water partition coefficient (Wildman–Crippen LogP) is 2.62. The van der Waals surface area contributed by atoms with Gasteiger partial charge < -0.3 is 0 Å². The molecule has 0 fully saturated rings. The summed E-state index contributed by atoms with van der Waals surface area (Å²) in [7, 11) is 0. The van der Waals surface area contributed by atoms with Crippen molar-refractivity contribution < 1.29 is 9.47 Å². The van der Waals surface area contributed by atoms with Crippen molar-refractivity contribution in [3.05, 3.63) is 48.5 Å². The van der Waals surface area contributed by atoms with E-state index in [4.69, 9.17) is 9.47 Å². The first-order chi connectivity index (χ1) is 8.42. The van der Waals surface area contributed by atoms with Crippen LogP contribution in [0, 0.1) is 0 Å². The van der Waals surface area contributed by atoms with Crippen molar-refractivity contribution in [1.29, 1.82) is 0 Å². The first kappa shape index (κ1) is 10.7. The van der Waals surface area contributed by atoms with Crippen molar-refractivity contribution in [1.82, 2.24) is 0 Å². The molecule has 0 radical (unpaired) electrons. The molecule has 0 N–H and O–H groups in total. The molecule has 0 aliphatic carbocycles. The van der Waals surface area contributed by atoms with E-state index in [0.717, 1.165) is 23.9 Å². The van der Waals surface area contributed by atoms with Crippen LogP contribution in [0.1, 0.15) is 0 Å². The van der Waals surface area contributed by atoms with Crippen LogP contribution in [-0.4, -0.2) is 21.6 Å². The summed E-state index contributed by atoms with van der Waals surface area (Å²) in [6.07, 6.45) is 0. The number of ether oxygens (including phenoxy) is 2. The van der Waals surface area contributed by atoms with Gasteiger partial charge in [-0.2, -0.15) is 0 Å². The zero-order chi connectivity index (χ0) is 11.5. The molecule has 1 heterocycles. The number of hydrogen-bond acceptors (Lipinski definition) is 2. The van der Waals surface area contributed by atoms with Crippen LogP contribution in [0.15, 0.2) is 48.5 Å². The summed E-state index contributed by atoms with van der Waals surface area (Å²) < 4.78 is 12.7. The van der Waals surface area contributed by atoms with Gasteiger partial charge in [0.25, 0.3) is 0 Å². The number of rotatable bonds is 2. The molecule has 0 aromatic heterocycles. The number of fused-ring (bicyclic) bond motifs is 1. The van der Waals surface area contributed by atoms with Gasteiger partial charge in [-0.1, -0.05) is 0 Å². The fourth-order valence-corrected chi connectivity index (χ4v) is 3.41. The second kappa shape index (κ2) is 4.82. The van der Waals surface area contributed by atoms with Crippen molar-refractivity contribution in [2.75, 3.05) is 6.61 Å². The summed E-state index contributed by atoms with van der Waals surface area (Å²) >= 11 is 0.554. The molecule has 0 amide bonds. The topological polar surface area (TPSA) is 18.5 Å². The van der Waals surface area contributed by atoms with E-state index in [0.29, 0.717) is 15.0 Å². The summed E-state index contributed by atoms with van der Waals surface area (Å²) in [5, 5.41) is 1.17. The van der Waals surface area contributed by atoms with Gasteiger partial charge in [0, 0.05) is 0 Å². The Bertz CT molecular complexity index is 511. The monoisotopic (exact) mass is 292 g/mol. The Morgan fingerprint density at radius 1 is 1.00 bits per heavy atom. The number of para-hydroxylation sites is 1. The third-order valence-corrected chi connectivity index (χ3v) is 4.63. The van der Waals surface area contributed by atoms with Crippen LogP contribution in [0.3, 0.4) is 0 Å². The third-order valence-electron chi connectivity index (χ3n) is 2.49. The SMILES string of the molecule is c1ccc(Oc2ccc3c(c2)OCC[Se]3)cc1. The summed E-state index contributed by atoms with van der Waals surface area (Å²) in [5.74, 6) is 2.69. The van der Waals surface area contributed by atoms with E-state index in [-0.39, 0.29) is 0 Å². The first-order valence-electron chi connectivity index (χ1n) is 5.54. The quantitative estimate of drug-likeness (QED) is 0.792. The zero-order valence-electron chi connectivity index (χ0n) is 9.26. The predicted molar refractivity (Wildman–Crippen MR) is 68.6 cm³/mol. The maximum absolute atomic E-state index is 5.77. The molecule has 0 saturated heterocycles. The van der Waals surface area contributed by atoms with E-state index in [1.165, 1.54) is 9.78 Å². The van der Waals surface area contributed by atoms with E-state index in [1.54, 1.807) is 0 Å². The van der Waals surface area contributed by atoms with Crippen LogP contribution in [0.2, 0.25) is 5.32 Å². The minimum atomic E-state index is 0.554. The molecule has 0 spiro atoms. The third kappa shape index (κ3) is 2.46. The van der Waals surface area contributed by atoms with Crippen LogP contribution in [0.25, 0.3) is 0 Å². The summed E-state index contributed by atoms with van der Waals surface area (Å²) in [6.45, 7) is 0.835. The Kier molecular flexibility index (Phi) is 3.03. The van der Waals surface area contributed by atoms with E-state index in [2.05, 4.69) is 6.07 Å². The van der Waals surface area contributed by atoms with E-state index in [1.807, 2.05) is 42.5 Å². The van der Waals surface area contributed by atoms with Gasteiger partial charge in [0.05, 0.1) is 0 Å². The van der Waals surface area contributed by atoms with Crippen molar-refractivity contribution in [3.8, 4) is 17.2 Å². The Labute approximate surface area is 107 Å². The number of hydrogen-bond donors (Lipinski definition) is 0. The second-order valence-electron chi connectivity index (χ2n) is 3.72. The molecule has 3 heteroatoms. The summed E-state index contributed by atoms with van der Waals surface area (Å²) in [5.41, 5.74) is 0. The molecular weight excluding hydrogens is 279 g/mol. The van der Waals surface area contributed by atoms with Gasteiger partial charge in [-0.25, -0.2) is 0 Å². The van der Waals surface area contributed by atoms with Crippen LogP contribution < -0.4 is 13.9 Å². The van der Waals surface area contributed by atoms with Crippen LogP contribution in [0.4, 0.5) is 0 Å². The standard InChI is InChI=1S/C14H12O2Se/c1-2-4-11(5-3-1)16-12-6-7-14-13(10-12)15-8-9-17-14/h1-7,10H,8-9H2. The molecule has 1 aliphatic heterocycles. The van der Waals surface area contributed by atoms with Crippen LogP contribution >= 0.6 is 0 Å². The average molecular weight is 291 g/mol. The summed E-state index contributed by atoms with van der Waals surface area (Å²) in [6, 6.07) is 15.9. The fraction of sp³-hybridized carbons (Fsp3) is 0.143. The maximum atomic E-state index is 5.77. The molecule has 3 rings (SSSR count). The van der Waals surface area contributed by atoms with Gasteiger partial charge in [0.15, 0.2) is 0 Å². The van der Waals surface area contributed by atoms with Crippen molar-refractivity contribution in [2.45, 2.75) is 5.32 Å². The van der Waals surface area contributed by atoms with Crippen molar-refractivity contribution in [2.24, 2.45) is 0 Å². The van der Waals surface area contributed by atoms with Crippen LogP contribution in [-0.2, 0) is 0 Å². The van der Waals surface area contributed by atoms with Crippen molar-refractivity contribution in [3.63, 3.8) is 0 Å². The molecule has 17 heavy (non-hydrogen) atoms. The van der Waals surface area contributed by atoms with Gasteiger partial charge in [-0.15, -0.1) is 0 Å². The molecule has 0 unspecified atom stereocenters. The van der Waals surface area contributed by atoms with Gasteiger partial charge in [0.2, 0.25) is 0 Å². The molecule has 0 atom stereocenters. The van der Waals surface area contributed by atoms with Gasteiger partial charge >= 0.3 is 107 Å². The second-order valence-corrected chi connectivity index (χ2v) is 6.11. The van der Waals surface area contributed by atoms with Gasteiger partial charge in [-0.3, -0.25) is 0 Å². The van der Waals surface area contributed by atoms with Gasteiger partial charge in [-0.05, 0) is 0 Å². The van der Waals surface area contributed by atoms with E-state index < -0.39 is 0 Å². The van der Waals surface area contributed by atoms with E-state index in [9.17, 15) is 0 Å². The molecule has 86 valence electrons. The summed E-state index contributed by atoms with van der Waals surface area (Å²) in [4.78, 5) is 0. The molecule has 1 aliphatic rings. The Morgan fingerprint density at radius 3 is 2.76 bits per heavy atom. The van der Waals surface area contributed by atoms with E-state index >= 15 is 0 Å². The molecule has 2 aromatic carbocycles. The normalized spacial score (nSPS) is 13.6. The molecule has 2 nitrogen and oxygen atoms in total. The van der Waals surface area contributed by atoms with Crippen molar-refractivity contribution >= 4 is 19.4 Å². The zero-order valence-corrected chi connectivity index (χ0v) is 11.0. The first-order valence-corrected chi connectivity index (χ1v) is 7.61. The molecule has 0 bridgehead atoms. The minimum absolute atomic E-state index is 0.554. The van der Waals surface area contributed by atoms with Crippen LogP contribution in [0.5, 0.6) is 17.2 Å². The Balaban J connectivity index is 1.84. The number of benzene rings is 2. The van der Waals surface area contributed by atoms with Gasteiger partial charge in [0.1, 0.15) is 0 Å². The Hall–Kier alpha value is -1.44. The molecular formula is C14H12O2Se. The molecule has 2 aromatic rings. The average Bonchev–Trinajstić information content (AvgIpc) is 2.40. The Morgan fingerprint density at radius 2 is 1.88 bits per heavy atom. The molecule has 0 saturated carbocycles. The fourth-order valence-electron chi connectivity index (χ4n) is 1.71.